The van der Waals surface area contributed by atoms with Crippen LogP contribution in [0.3, 0.4) is 0 Å². The molecule has 3 nitrogen and oxygen atoms in total. The fourth-order valence-corrected chi connectivity index (χ4v) is 3.84. The van der Waals surface area contributed by atoms with E-state index in [1.807, 2.05) is 13.0 Å². The summed E-state index contributed by atoms with van der Waals surface area (Å²) in [5, 5.41) is 6.98. The molecule has 1 aliphatic heterocycles. The number of carbonyl (C=O) groups is 1. The third kappa shape index (κ3) is 3.35. The molecule has 2 N–H and O–H groups in total. The first-order chi connectivity index (χ1) is 10.6. The van der Waals surface area contributed by atoms with Crippen LogP contribution in [0.1, 0.15) is 61.9 Å². The number of hydrogen-bond donors (Lipinski definition) is 2. The maximum absolute atomic E-state index is 12.7. The highest BCUT2D eigenvalue weighted by atomic mass is 16.1. The number of carbonyl (C=O) groups excluding carboxylic acids is 1. The monoisotopic (exact) mass is 300 g/mol. The highest BCUT2D eigenvalue weighted by Gasteiger charge is 2.25. The van der Waals surface area contributed by atoms with E-state index in [0.29, 0.717) is 12.0 Å². The molecule has 3 rings (SSSR count). The predicted octanol–water partition coefficient (Wildman–Crippen LogP) is 3.78. The third-order valence-corrected chi connectivity index (χ3v) is 5.30. The molecule has 3 heteroatoms. The van der Waals surface area contributed by atoms with Gasteiger partial charge < -0.3 is 10.6 Å². The molecule has 3 atom stereocenters. The van der Waals surface area contributed by atoms with Gasteiger partial charge in [-0.2, -0.15) is 0 Å². The van der Waals surface area contributed by atoms with Crippen molar-refractivity contribution in [1.29, 1.82) is 0 Å². The zero-order chi connectivity index (χ0) is 15.5. The van der Waals surface area contributed by atoms with Crippen molar-refractivity contribution in [3.63, 3.8) is 0 Å². The summed E-state index contributed by atoms with van der Waals surface area (Å²) in [4.78, 5) is 12.7. The van der Waals surface area contributed by atoms with Crippen molar-refractivity contribution < 1.29 is 4.79 Å². The lowest BCUT2D eigenvalue weighted by atomic mass is 9.85. The first-order valence-corrected chi connectivity index (χ1v) is 8.82. The molecule has 120 valence electrons. The highest BCUT2D eigenvalue weighted by molar-refractivity contribution is 6.00. The molecular formula is C19H28N2O. The van der Waals surface area contributed by atoms with Crippen LogP contribution in [0, 0.1) is 5.92 Å². The zero-order valence-electron chi connectivity index (χ0n) is 13.8. The number of fused-ring (bicyclic) bond motifs is 1. The molecule has 22 heavy (non-hydrogen) atoms. The second kappa shape index (κ2) is 6.82. The second-order valence-electron chi connectivity index (χ2n) is 7.02. The van der Waals surface area contributed by atoms with Crippen molar-refractivity contribution in [2.45, 2.75) is 64.5 Å². The molecule has 0 radical (unpaired) electrons. The number of ketones is 1. The van der Waals surface area contributed by atoms with Crippen molar-refractivity contribution in [3.05, 3.63) is 29.3 Å². The Morgan fingerprint density at radius 3 is 2.91 bits per heavy atom. The van der Waals surface area contributed by atoms with Crippen molar-refractivity contribution >= 4 is 11.5 Å². The molecule has 3 unspecified atom stereocenters. The number of hydrogen-bond acceptors (Lipinski definition) is 3. The topological polar surface area (TPSA) is 41.1 Å². The van der Waals surface area contributed by atoms with Crippen molar-refractivity contribution in [2.75, 3.05) is 11.9 Å². The smallest absolute Gasteiger partial charge is 0.179 e. The van der Waals surface area contributed by atoms with Gasteiger partial charge in [0.2, 0.25) is 0 Å². The number of anilines is 1. The summed E-state index contributed by atoms with van der Waals surface area (Å²) in [7, 11) is 0. The van der Waals surface area contributed by atoms with Crippen LogP contribution in [0.5, 0.6) is 0 Å². The summed E-state index contributed by atoms with van der Waals surface area (Å²) in [5.41, 5.74) is 3.34. The van der Waals surface area contributed by atoms with Crippen LogP contribution in [0.4, 0.5) is 5.69 Å². The molecule has 0 spiro atoms. The van der Waals surface area contributed by atoms with Gasteiger partial charge >= 0.3 is 0 Å². The summed E-state index contributed by atoms with van der Waals surface area (Å²) in [6, 6.07) is 6.53. The summed E-state index contributed by atoms with van der Waals surface area (Å²) in [5.74, 6) is 0.905. The standard InChI is InChI=1S/C19H28N2O/c1-13-6-3-4-8-17(13)21-14(2)19(22)16-9-10-18-15(12-16)7-5-11-20-18/h9-10,12-14,17,20-21H,3-8,11H2,1-2H3. The van der Waals surface area contributed by atoms with E-state index in [2.05, 4.69) is 29.7 Å². The molecule has 1 saturated carbocycles. The van der Waals surface area contributed by atoms with Crippen LogP contribution < -0.4 is 10.6 Å². The van der Waals surface area contributed by atoms with Gasteiger partial charge in [-0.3, -0.25) is 4.79 Å². The molecule has 0 bridgehead atoms. The van der Waals surface area contributed by atoms with E-state index < -0.39 is 0 Å². The largest absolute Gasteiger partial charge is 0.385 e. The average Bonchev–Trinajstić information content (AvgIpc) is 2.55. The zero-order valence-corrected chi connectivity index (χ0v) is 13.8. The van der Waals surface area contributed by atoms with Gasteiger partial charge in [-0.15, -0.1) is 0 Å². The van der Waals surface area contributed by atoms with E-state index >= 15 is 0 Å². The quantitative estimate of drug-likeness (QED) is 0.831. The van der Waals surface area contributed by atoms with E-state index in [1.165, 1.54) is 36.9 Å². The van der Waals surface area contributed by atoms with Gasteiger partial charge in [-0.25, -0.2) is 0 Å². The molecule has 0 amide bonds. The van der Waals surface area contributed by atoms with Crippen molar-refractivity contribution in [2.24, 2.45) is 5.92 Å². The Balaban J connectivity index is 1.67. The molecule has 0 saturated heterocycles. The van der Waals surface area contributed by atoms with Crippen LogP contribution in [0.2, 0.25) is 0 Å². The van der Waals surface area contributed by atoms with Crippen LogP contribution in [0.25, 0.3) is 0 Å². The van der Waals surface area contributed by atoms with E-state index in [1.54, 1.807) is 0 Å². The normalized spacial score (nSPS) is 25.9. The van der Waals surface area contributed by atoms with E-state index in [0.717, 1.165) is 24.9 Å². The van der Waals surface area contributed by atoms with Gasteiger partial charge in [0.05, 0.1) is 6.04 Å². The summed E-state index contributed by atoms with van der Waals surface area (Å²) >= 11 is 0. The molecular weight excluding hydrogens is 272 g/mol. The van der Waals surface area contributed by atoms with Crippen molar-refractivity contribution in [1.82, 2.24) is 5.32 Å². The minimum Gasteiger partial charge on any atom is -0.385 e. The summed E-state index contributed by atoms with van der Waals surface area (Å²) < 4.78 is 0. The molecule has 1 fully saturated rings. The molecule has 1 heterocycles. The lowest BCUT2D eigenvalue weighted by Gasteiger charge is -2.32. The number of benzene rings is 1. The maximum atomic E-state index is 12.7. The first kappa shape index (κ1) is 15.5. The number of Topliss-reactive ketones (excluding diaryl/α,β-unsaturated/α-hetero) is 1. The SMILES string of the molecule is CC(NC1CCCCC1C)C(=O)c1ccc2c(c1)CCCN2. The Morgan fingerprint density at radius 2 is 2.09 bits per heavy atom. The fraction of sp³-hybridized carbons (Fsp3) is 0.632. The fourth-order valence-electron chi connectivity index (χ4n) is 3.84. The molecule has 1 aliphatic carbocycles. The van der Waals surface area contributed by atoms with Crippen LogP contribution in [0.15, 0.2) is 18.2 Å². The summed E-state index contributed by atoms with van der Waals surface area (Å²) in [6.45, 7) is 5.36. The molecule has 1 aromatic rings. The lowest BCUT2D eigenvalue weighted by Crippen LogP contribution is -2.45. The van der Waals surface area contributed by atoms with Gasteiger partial charge in [0.1, 0.15) is 0 Å². The Morgan fingerprint density at radius 1 is 1.27 bits per heavy atom. The third-order valence-electron chi connectivity index (χ3n) is 5.30. The lowest BCUT2D eigenvalue weighted by molar-refractivity contribution is 0.0932. The van der Waals surface area contributed by atoms with Crippen LogP contribution in [-0.2, 0) is 6.42 Å². The number of rotatable bonds is 4. The van der Waals surface area contributed by atoms with Gasteiger partial charge in [-0.05, 0) is 62.3 Å². The Labute approximate surface area is 133 Å². The van der Waals surface area contributed by atoms with Gasteiger partial charge in [0, 0.05) is 23.8 Å². The van der Waals surface area contributed by atoms with Crippen LogP contribution >= 0.6 is 0 Å². The van der Waals surface area contributed by atoms with Gasteiger partial charge in [0.25, 0.3) is 0 Å². The minimum atomic E-state index is -0.0971. The van der Waals surface area contributed by atoms with Crippen LogP contribution in [-0.4, -0.2) is 24.4 Å². The predicted molar refractivity (Wildman–Crippen MR) is 91.6 cm³/mol. The number of nitrogens with one attached hydrogen (secondary N) is 2. The van der Waals surface area contributed by atoms with E-state index in [-0.39, 0.29) is 11.8 Å². The Bertz CT molecular complexity index is 540. The van der Waals surface area contributed by atoms with Gasteiger partial charge in [-0.1, -0.05) is 19.8 Å². The molecule has 2 aliphatic rings. The summed E-state index contributed by atoms with van der Waals surface area (Å²) in [6.07, 6.45) is 7.33. The minimum absolute atomic E-state index is 0.0971. The molecule has 0 aromatic heterocycles. The highest BCUT2D eigenvalue weighted by Crippen LogP contribution is 2.26. The Kier molecular flexibility index (Phi) is 4.82. The van der Waals surface area contributed by atoms with E-state index in [9.17, 15) is 4.79 Å². The first-order valence-electron chi connectivity index (χ1n) is 8.82. The Hall–Kier alpha value is -1.35. The maximum Gasteiger partial charge on any atom is 0.179 e. The molecule has 1 aromatic carbocycles. The average molecular weight is 300 g/mol. The van der Waals surface area contributed by atoms with Crippen molar-refractivity contribution in [3.8, 4) is 0 Å². The second-order valence-corrected chi connectivity index (χ2v) is 7.02. The van der Waals surface area contributed by atoms with Gasteiger partial charge in [0.15, 0.2) is 5.78 Å². The van der Waals surface area contributed by atoms with E-state index in [4.69, 9.17) is 0 Å². The number of aryl methyl sites for hydroxylation is 1.